The minimum absolute atomic E-state index is 0.447. The standard InChI is InChI=1S/C12H26N2/c1-10(2)12(3,4)9-14-7-6-11(8-14)13-5/h10-11,13H,6-9H2,1-5H3. The molecule has 0 bridgehead atoms. The molecule has 0 aromatic heterocycles. The molecule has 14 heavy (non-hydrogen) atoms. The maximum Gasteiger partial charge on any atom is 0.0204 e. The summed E-state index contributed by atoms with van der Waals surface area (Å²) in [4.78, 5) is 2.60. The highest BCUT2D eigenvalue weighted by Crippen LogP contribution is 2.28. The summed E-state index contributed by atoms with van der Waals surface area (Å²) in [6.45, 7) is 13.1. The van der Waals surface area contributed by atoms with E-state index in [4.69, 9.17) is 0 Å². The van der Waals surface area contributed by atoms with E-state index in [9.17, 15) is 0 Å². The Hall–Kier alpha value is -0.0800. The van der Waals surface area contributed by atoms with Gasteiger partial charge in [-0.3, -0.25) is 0 Å². The average molecular weight is 198 g/mol. The molecule has 0 amide bonds. The molecule has 2 heteroatoms. The first kappa shape index (κ1) is 12.0. The second-order valence-electron chi connectivity index (χ2n) is 5.65. The largest absolute Gasteiger partial charge is 0.316 e. The third kappa shape index (κ3) is 2.96. The van der Waals surface area contributed by atoms with Crippen LogP contribution in [0.4, 0.5) is 0 Å². The first-order chi connectivity index (χ1) is 6.45. The lowest BCUT2D eigenvalue weighted by atomic mass is 9.81. The van der Waals surface area contributed by atoms with E-state index in [0.717, 1.165) is 12.0 Å². The van der Waals surface area contributed by atoms with Crippen molar-refractivity contribution < 1.29 is 0 Å². The van der Waals surface area contributed by atoms with Gasteiger partial charge < -0.3 is 10.2 Å². The number of nitrogens with one attached hydrogen (secondary N) is 1. The third-order valence-electron chi connectivity index (χ3n) is 3.87. The molecule has 84 valence electrons. The zero-order chi connectivity index (χ0) is 10.8. The minimum atomic E-state index is 0.447. The van der Waals surface area contributed by atoms with Crippen molar-refractivity contribution in [2.24, 2.45) is 11.3 Å². The van der Waals surface area contributed by atoms with Crippen molar-refractivity contribution in [2.75, 3.05) is 26.7 Å². The normalized spacial score (nSPS) is 24.9. The van der Waals surface area contributed by atoms with Crippen LogP contribution in [0.1, 0.15) is 34.1 Å². The Balaban J connectivity index is 2.39. The van der Waals surface area contributed by atoms with Gasteiger partial charge >= 0.3 is 0 Å². The summed E-state index contributed by atoms with van der Waals surface area (Å²) in [5.41, 5.74) is 0.447. The number of hydrogen-bond donors (Lipinski definition) is 1. The number of nitrogens with zero attached hydrogens (tertiary/aromatic N) is 1. The van der Waals surface area contributed by atoms with Crippen LogP contribution in [0.2, 0.25) is 0 Å². The summed E-state index contributed by atoms with van der Waals surface area (Å²) in [5.74, 6) is 0.760. The van der Waals surface area contributed by atoms with Gasteiger partial charge in [0.15, 0.2) is 0 Å². The lowest BCUT2D eigenvalue weighted by Gasteiger charge is -2.33. The fraction of sp³-hybridized carbons (Fsp3) is 1.00. The number of likely N-dealkylation sites (N-methyl/N-ethyl adjacent to an activating group) is 1. The Labute approximate surface area is 89.1 Å². The van der Waals surface area contributed by atoms with Crippen molar-refractivity contribution in [3.8, 4) is 0 Å². The maximum absolute atomic E-state index is 3.37. The first-order valence-electron chi connectivity index (χ1n) is 5.85. The van der Waals surface area contributed by atoms with Gasteiger partial charge in [0, 0.05) is 19.1 Å². The van der Waals surface area contributed by atoms with Crippen molar-refractivity contribution in [2.45, 2.75) is 40.2 Å². The van der Waals surface area contributed by atoms with Crippen LogP contribution in [0.5, 0.6) is 0 Å². The van der Waals surface area contributed by atoms with E-state index in [0.29, 0.717) is 5.41 Å². The van der Waals surface area contributed by atoms with E-state index < -0.39 is 0 Å². The second kappa shape index (κ2) is 4.63. The van der Waals surface area contributed by atoms with Crippen molar-refractivity contribution >= 4 is 0 Å². The van der Waals surface area contributed by atoms with Crippen LogP contribution in [-0.2, 0) is 0 Å². The molecule has 1 fully saturated rings. The predicted octanol–water partition coefficient (Wildman–Crippen LogP) is 1.96. The summed E-state index contributed by atoms with van der Waals surface area (Å²) < 4.78 is 0. The third-order valence-corrected chi connectivity index (χ3v) is 3.87. The molecule has 0 saturated carbocycles. The molecule has 0 aromatic carbocycles. The van der Waals surface area contributed by atoms with Gasteiger partial charge in [-0.25, -0.2) is 0 Å². The summed E-state index contributed by atoms with van der Waals surface area (Å²) in [6, 6.07) is 0.720. The Morgan fingerprint density at radius 3 is 2.50 bits per heavy atom. The van der Waals surface area contributed by atoms with E-state index in [1.807, 2.05) is 0 Å². The molecule has 1 heterocycles. The van der Waals surface area contributed by atoms with Crippen LogP contribution in [-0.4, -0.2) is 37.6 Å². The second-order valence-corrected chi connectivity index (χ2v) is 5.65. The Morgan fingerprint density at radius 2 is 2.07 bits per heavy atom. The van der Waals surface area contributed by atoms with Gasteiger partial charge in [-0.2, -0.15) is 0 Å². The maximum atomic E-state index is 3.37. The van der Waals surface area contributed by atoms with Crippen molar-refractivity contribution in [1.82, 2.24) is 10.2 Å². The smallest absolute Gasteiger partial charge is 0.0204 e. The topological polar surface area (TPSA) is 15.3 Å². The fourth-order valence-electron chi connectivity index (χ4n) is 1.97. The highest BCUT2D eigenvalue weighted by Gasteiger charge is 2.29. The van der Waals surface area contributed by atoms with Crippen LogP contribution in [0.3, 0.4) is 0 Å². The number of hydrogen-bond acceptors (Lipinski definition) is 2. The average Bonchev–Trinajstić information content (AvgIpc) is 2.51. The Kier molecular flexibility index (Phi) is 3.96. The molecule has 1 aliphatic heterocycles. The molecule has 0 spiro atoms. The molecule has 1 atom stereocenters. The van der Waals surface area contributed by atoms with Gasteiger partial charge in [0.05, 0.1) is 0 Å². The SMILES string of the molecule is CNC1CCN(CC(C)(C)C(C)C)C1. The zero-order valence-corrected chi connectivity index (χ0v) is 10.4. The minimum Gasteiger partial charge on any atom is -0.316 e. The van der Waals surface area contributed by atoms with E-state index in [1.54, 1.807) is 0 Å². The summed E-state index contributed by atoms with van der Waals surface area (Å²) in [5, 5.41) is 3.37. The molecule has 0 radical (unpaired) electrons. The molecule has 2 nitrogen and oxygen atoms in total. The molecule has 1 saturated heterocycles. The Bertz CT molecular complexity index is 175. The fourth-order valence-corrected chi connectivity index (χ4v) is 1.97. The van der Waals surface area contributed by atoms with Crippen LogP contribution < -0.4 is 5.32 Å². The first-order valence-corrected chi connectivity index (χ1v) is 5.85. The monoisotopic (exact) mass is 198 g/mol. The summed E-state index contributed by atoms with van der Waals surface area (Å²) in [6.07, 6.45) is 1.31. The highest BCUT2D eigenvalue weighted by molar-refractivity contribution is 4.84. The number of likely N-dealkylation sites (tertiary alicyclic amines) is 1. The van der Waals surface area contributed by atoms with Crippen molar-refractivity contribution in [1.29, 1.82) is 0 Å². The molecule has 1 unspecified atom stereocenters. The zero-order valence-electron chi connectivity index (χ0n) is 10.4. The van der Waals surface area contributed by atoms with Gasteiger partial charge in [-0.15, -0.1) is 0 Å². The van der Waals surface area contributed by atoms with Crippen molar-refractivity contribution in [3.05, 3.63) is 0 Å². The summed E-state index contributed by atoms with van der Waals surface area (Å²) >= 11 is 0. The lowest BCUT2D eigenvalue weighted by molar-refractivity contribution is 0.153. The molecule has 1 rings (SSSR count). The highest BCUT2D eigenvalue weighted by atomic mass is 15.2. The van der Waals surface area contributed by atoms with Gasteiger partial charge in [0.25, 0.3) is 0 Å². The van der Waals surface area contributed by atoms with Crippen LogP contribution in [0.25, 0.3) is 0 Å². The summed E-state index contributed by atoms with van der Waals surface area (Å²) in [7, 11) is 2.07. The Morgan fingerprint density at radius 1 is 1.43 bits per heavy atom. The molecular weight excluding hydrogens is 172 g/mol. The molecule has 0 aliphatic carbocycles. The predicted molar refractivity (Wildman–Crippen MR) is 62.5 cm³/mol. The van der Waals surface area contributed by atoms with E-state index >= 15 is 0 Å². The van der Waals surface area contributed by atoms with E-state index in [2.05, 4.69) is 45.0 Å². The van der Waals surface area contributed by atoms with Crippen LogP contribution in [0.15, 0.2) is 0 Å². The quantitative estimate of drug-likeness (QED) is 0.743. The van der Waals surface area contributed by atoms with Gasteiger partial charge in [-0.1, -0.05) is 27.7 Å². The van der Waals surface area contributed by atoms with Crippen LogP contribution >= 0.6 is 0 Å². The molecule has 1 aliphatic rings. The van der Waals surface area contributed by atoms with Gasteiger partial charge in [-0.05, 0) is 31.3 Å². The van der Waals surface area contributed by atoms with Crippen molar-refractivity contribution in [3.63, 3.8) is 0 Å². The molecular formula is C12H26N2. The van der Waals surface area contributed by atoms with E-state index in [1.165, 1.54) is 26.1 Å². The number of rotatable bonds is 4. The molecule has 1 N–H and O–H groups in total. The molecule has 0 aromatic rings. The van der Waals surface area contributed by atoms with Crippen LogP contribution in [0, 0.1) is 11.3 Å². The van der Waals surface area contributed by atoms with E-state index in [-0.39, 0.29) is 0 Å². The van der Waals surface area contributed by atoms with Gasteiger partial charge in [0.2, 0.25) is 0 Å². The lowest BCUT2D eigenvalue weighted by Crippen LogP contribution is -2.37. The van der Waals surface area contributed by atoms with Gasteiger partial charge in [0.1, 0.15) is 0 Å².